The summed E-state index contributed by atoms with van der Waals surface area (Å²) in [6, 6.07) is 4.05. The maximum atomic E-state index is 13.0. The van der Waals surface area contributed by atoms with Gasteiger partial charge in [0.1, 0.15) is 5.60 Å². The number of amides is 1. The molecule has 0 spiro atoms. The SMILES string of the molecule is CC(C)(C)OC(=O)N1C2CCC1CC(O)(c1ccc(C(F)(F)F)cc1C#N)C2. The molecule has 2 saturated heterocycles. The summed E-state index contributed by atoms with van der Waals surface area (Å²) in [5.41, 5.74) is -3.04. The van der Waals surface area contributed by atoms with Gasteiger partial charge >= 0.3 is 12.3 Å². The molecule has 1 amide bonds. The second-order valence-corrected chi connectivity index (χ2v) is 8.58. The number of halogens is 3. The fraction of sp³-hybridized carbons (Fsp3) is 0.600. The molecule has 0 aliphatic carbocycles. The number of piperidine rings is 1. The van der Waals surface area contributed by atoms with Gasteiger partial charge in [-0.25, -0.2) is 4.79 Å². The molecule has 0 radical (unpaired) electrons. The number of nitrogens with zero attached hydrogens (tertiary/aromatic N) is 2. The van der Waals surface area contributed by atoms with Crippen molar-refractivity contribution in [3.8, 4) is 6.07 Å². The molecule has 2 fully saturated rings. The summed E-state index contributed by atoms with van der Waals surface area (Å²) < 4.78 is 44.3. The summed E-state index contributed by atoms with van der Waals surface area (Å²) in [6.45, 7) is 5.32. The highest BCUT2D eigenvalue weighted by Crippen LogP contribution is 2.47. The minimum absolute atomic E-state index is 0.156. The third-order valence-electron chi connectivity index (χ3n) is 5.34. The van der Waals surface area contributed by atoms with Gasteiger partial charge in [-0.15, -0.1) is 0 Å². The Balaban J connectivity index is 1.89. The van der Waals surface area contributed by atoms with Crippen molar-refractivity contribution in [2.45, 2.75) is 75.9 Å². The van der Waals surface area contributed by atoms with E-state index in [4.69, 9.17) is 4.74 Å². The van der Waals surface area contributed by atoms with Crippen LogP contribution in [0.2, 0.25) is 0 Å². The molecule has 28 heavy (non-hydrogen) atoms. The average molecular weight is 396 g/mol. The highest BCUT2D eigenvalue weighted by molar-refractivity contribution is 5.70. The van der Waals surface area contributed by atoms with E-state index < -0.39 is 29.0 Å². The molecular weight excluding hydrogens is 373 g/mol. The molecule has 1 aromatic rings. The molecule has 2 aliphatic rings. The summed E-state index contributed by atoms with van der Waals surface area (Å²) in [5, 5.41) is 20.6. The minimum Gasteiger partial charge on any atom is -0.444 e. The molecule has 2 aliphatic heterocycles. The van der Waals surface area contributed by atoms with Gasteiger partial charge in [0, 0.05) is 30.5 Å². The van der Waals surface area contributed by atoms with Crippen LogP contribution in [0, 0.1) is 11.3 Å². The van der Waals surface area contributed by atoms with Crippen LogP contribution in [0.1, 0.15) is 63.1 Å². The van der Waals surface area contributed by atoms with E-state index in [0.717, 1.165) is 12.1 Å². The van der Waals surface area contributed by atoms with Crippen molar-refractivity contribution in [1.82, 2.24) is 4.90 Å². The van der Waals surface area contributed by atoms with Crippen LogP contribution >= 0.6 is 0 Å². The predicted molar refractivity (Wildman–Crippen MR) is 94.2 cm³/mol. The van der Waals surface area contributed by atoms with Crippen LogP contribution in [0.15, 0.2) is 18.2 Å². The first kappa shape index (κ1) is 20.5. The Morgan fingerprint density at radius 1 is 1.25 bits per heavy atom. The standard InChI is InChI=1S/C20H23F3N2O3/c1-18(2,3)28-17(26)25-14-5-6-15(25)10-19(27,9-14)16-7-4-13(20(21,22)23)8-12(16)11-24/h4,7-8,14-15,27H,5-6,9-10H2,1-3H3. The van der Waals surface area contributed by atoms with Crippen LogP contribution in [0.4, 0.5) is 18.0 Å². The van der Waals surface area contributed by atoms with Gasteiger partial charge < -0.3 is 14.7 Å². The van der Waals surface area contributed by atoms with Gasteiger partial charge in [-0.3, -0.25) is 0 Å². The van der Waals surface area contributed by atoms with E-state index in [0.29, 0.717) is 12.8 Å². The number of ether oxygens (including phenoxy) is 1. The highest BCUT2D eigenvalue weighted by Gasteiger charge is 2.51. The normalized spacial score (nSPS) is 27.4. The van der Waals surface area contributed by atoms with Crippen LogP contribution in [0.3, 0.4) is 0 Å². The zero-order valence-electron chi connectivity index (χ0n) is 16.0. The third kappa shape index (κ3) is 3.81. The number of nitriles is 1. The molecule has 2 heterocycles. The molecule has 2 unspecified atom stereocenters. The van der Waals surface area contributed by atoms with E-state index in [1.54, 1.807) is 31.7 Å². The Kier molecular flexibility index (Phi) is 4.87. The van der Waals surface area contributed by atoms with Crippen LogP contribution < -0.4 is 0 Å². The van der Waals surface area contributed by atoms with Gasteiger partial charge in [0.15, 0.2) is 0 Å². The zero-order valence-corrected chi connectivity index (χ0v) is 16.0. The number of carbonyl (C=O) groups excluding carboxylic acids is 1. The Labute approximate surface area is 161 Å². The number of aliphatic hydroxyl groups is 1. The van der Waals surface area contributed by atoms with Crippen LogP contribution in [-0.2, 0) is 16.5 Å². The monoisotopic (exact) mass is 396 g/mol. The Morgan fingerprint density at radius 3 is 2.29 bits per heavy atom. The van der Waals surface area contributed by atoms with E-state index >= 15 is 0 Å². The topological polar surface area (TPSA) is 73.6 Å². The lowest BCUT2D eigenvalue weighted by atomic mass is 9.78. The van der Waals surface area contributed by atoms with Gasteiger partial charge in [-0.1, -0.05) is 6.07 Å². The Morgan fingerprint density at radius 2 is 1.82 bits per heavy atom. The van der Waals surface area contributed by atoms with Crippen molar-refractivity contribution >= 4 is 6.09 Å². The van der Waals surface area contributed by atoms with Crippen LogP contribution in [-0.4, -0.2) is 33.8 Å². The number of carbonyl (C=O) groups is 1. The second kappa shape index (κ2) is 6.66. The maximum Gasteiger partial charge on any atom is 0.416 e. The average Bonchev–Trinajstić information content (AvgIpc) is 2.84. The van der Waals surface area contributed by atoms with E-state index in [-0.39, 0.29) is 36.1 Å². The molecule has 2 atom stereocenters. The lowest BCUT2D eigenvalue weighted by molar-refractivity contribution is -0.137. The molecule has 0 saturated carbocycles. The molecule has 1 aromatic carbocycles. The summed E-state index contributed by atoms with van der Waals surface area (Å²) >= 11 is 0. The van der Waals surface area contributed by atoms with Crippen molar-refractivity contribution in [2.24, 2.45) is 0 Å². The molecule has 5 nitrogen and oxygen atoms in total. The largest absolute Gasteiger partial charge is 0.444 e. The van der Waals surface area contributed by atoms with Crippen LogP contribution in [0.5, 0.6) is 0 Å². The highest BCUT2D eigenvalue weighted by atomic mass is 19.4. The lowest BCUT2D eigenvalue weighted by Gasteiger charge is -2.44. The van der Waals surface area contributed by atoms with E-state index in [1.807, 2.05) is 0 Å². The van der Waals surface area contributed by atoms with Crippen molar-refractivity contribution < 1.29 is 27.8 Å². The van der Waals surface area contributed by atoms with Gasteiger partial charge in [-0.05, 0) is 45.7 Å². The number of benzene rings is 1. The fourth-order valence-electron chi connectivity index (χ4n) is 4.28. The zero-order chi connectivity index (χ0) is 20.9. The van der Waals surface area contributed by atoms with Crippen molar-refractivity contribution in [3.63, 3.8) is 0 Å². The molecule has 2 bridgehead atoms. The quantitative estimate of drug-likeness (QED) is 0.767. The van der Waals surface area contributed by atoms with Gasteiger partial charge in [-0.2, -0.15) is 18.4 Å². The van der Waals surface area contributed by atoms with E-state index in [2.05, 4.69) is 0 Å². The predicted octanol–water partition coefficient (Wildman–Crippen LogP) is 4.33. The molecule has 1 N–H and O–H groups in total. The molecule has 3 rings (SSSR count). The second-order valence-electron chi connectivity index (χ2n) is 8.58. The van der Waals surface area contributed by atoms with Gasteiger partial charge in [0.2, 0.25) is 0 Å². The van der Waals surface area contributed by atoms with E-state index in [1.165, 1.54) is 6.07 Å². The first-order valence-corrected chi connectivity index (χ1v) is 9.19. The van der Waals surface area contributed by atoms with E-state index in [9.17, 15) is 28.3 Å². The number of rotatable bonds is 1. The Hall–Kier alpha value is -2.27. The number of hydrogen-bond acceptors (Lipinski definition) is 4. The smallest absolute Gasteiger partial charge is 0.416 e. The summed E-state index contributed by atoms with van der Waals surface area (Å²) in [5.74, 6) is 0. The van der Waals surface area contributed by atoms with Crippen molar-refractivity contribution in [3.05, 3.63) is 34.9 Å². The molecular formula is C20H23F3N2O3. The minimum atomic E-state index is -4.56. The summed E-state index contributed by atoms with van der Waals surface area (Å²) in [6.07, 6.45) is -3.35. The first-order chi connectivity index (χ1) is 12.8. The number of hydrogen-bond donors (Lipinski definition) is 1. The lowest BCUT2D eigenvalue weighted by Crippen LogP contribution is -2.53. The van der Waals surface area contributed by atoms with Crippen molar-refractivity contribution in [1.29, 1.82) is 5.26 Å². The summed E-state index contributed by atoms with van der Waals surface area (Å²) in [4.78, 5) is 14.2. The molecule has 0 aromatic heterocycles. The third-order valence-corrected chi connectivity index (χ3v) is 5.34. The van der Waals surface area contributed by atoms with Gasteiger partial charge in [0.05, 0.1) is 22.8 Å². The fourth-order valence-corrected chi connectivity index (χ4v) is 4.28. The number of alkyl halides is 3. The number of fused-ring (bicyclic) bond motifs is 2. The van der Waals surface area contributed by atoms with Crippen LogP contribution in [0.25, 0.3) is 0 Å². The Bertz CT molecular complexity index is 809. The summed E-state index contributed by atoms with van der Waals surface area (Å²) in [7, 11) is 0. The van der Waals surface area contributed by atoms with Gasteiger partial charge in [0.25, 0.3) is 0 Å². The maximum absolute atomic E-state index is 13.0. The molecule has 152 valence electrons. The first-order valence-electron chi connectivity index (χ1n) is 9.19. The molecule has 8 heteroatoms. The van der Waals surface area contributed by atoms with Crippen molar-refractivity contribution in [2.75, 3.05) is 0 Å².